The van der Waals surface area contributed by atoms with Crippen LogP contribution in [-0.4, -0.2) is 12.2 Å². The molecule has 2 rings (SSSR count). The van der Waals surface area contributed by atoms with Crippen LogP contribution in [0.2, 0.25) is 0 Å². The normalized spacial score (nSPS) is 9.87. The molecule has 2 aromatic rings. The van der Waals surface area contributed by atoms with Crippen LogP contribution in [0.4, 0.5) is 0 Å². The Balaban J connectivity index is 2.72. The smallest absolute Gasteiger partial charge is 0.161 e. The first-order chi connectivity index (χ1) is 7.24. The predicted molar refractivity (Wildman–Crippen MR) is 56.9 cm³/mol. The number of hydrogen-bond donors (Lipinski definition) is 1. The molecule has 0 aliphatic carbocycles. The lowest BCUT2D eigenvalue weighted by molar-refractivity contribution is 0.374. The van der Waals surface area contributed by atoms with Gasteiger partial charge < -0.3 is 9.84 Å². The summed E-state index contributed by atoms with van der Waals surface area (Å²) in [6.07, 6.45) is 0. The second-order valence-electron chi connectivity index (χ2n) is 3.20. The van der Waals surface area contributed by atoms with Crippen LogP contribution in [0.25, 0.3) is 10.8 Å². The third-order valence-electron chi connectivity index (χ3n) is 2.27. The minimum atomic E-state index is 0.106. The summed E-state index contributed by atoms with van der Waals surface area (Å²) < 4.78 is 4.99. The van der Waals surface area contributed by atoms with Crippen LogP contribution in [0.5, 0.6) is 11.5 Å². The molecular formula is C12H9NO2. The molecule has 0 saturated carbocycles. The Bertz CT molecular complexity index is 555. The number of nitrogens with zero attached hydrogens (tertiary/aromatic N) is 1. The molecule has 0 radical (unpaired) electrons. The number of phenols is 1. The van der Waals surface area contributed by atoms with E-state index in [-0.39, 0.29) is 5.75 Å². The molecule has 0 aliphatic heterocycles. The summed E-state index contributed by atoms with van der Waals surface area (Å²) in [5.41, 5.74) is 0.593. The van der Waals surface area contributed by atoms with Crippen LogP contribution in [0.15, 0.2) is 30.3 Å². The quantitative estimate of drug-likeness (QED) is 0.767. The zero-order valence-electron chi connectivity index (χ0n) is 8.19. The number of hydrogen-bond acceptors (Lipinski definition) is 3. The second kappa shape index (κ2) is 3.50. The number of aromatic hydroxyl groups is 1. The van der Waals surface area contributed by atoms with Gasteiger partial charge in [0.2, 0.25) is 0 Å². The first-order valence-corrected chi connectivity index (χ1v) is 4.45. The molecule has 0 saturated heterocycles. The van der Waals surface area contributed by atoms with Crippen molar-refractivity contribution in [1.82, 2.24) is 0 Å². The van der Waals surface area contributed by atoms with E-state index >= 15 is 0 Å². The standard InChI is InChI=1S/C12H9NO2/c1-15-12-6-10-4-8(7-13)2-3-9(10)5-11(12)14/h2-6,14H,1H3. The summed E-state index contributed by atoms with van der Waals surface area (Å²) in [5.74, 6) is 0.521. The molecule has 0 spiro atoms. The maximum Gasteiger partial charge on any atom is 0.161 e. The topological polar surface area (TPSA) is 53.2 Å². The Labute approximate surface area is 87.1 Å². The summed E-state index contributed by atoms with van der Waals surface area (Å²) in [7, 11) is 1.50. The fraction of sp³-hybridized carbons (Fsp3) is 0.0833. The molecule has 1 N–H and O–H groups in total. The number of benzene rings is 2. The Hall–Kier alpha value is -2.21. The van der Waals surface area contributed by atoms with E-state index in [1.165, 1.54) is 7.11 Å². The third kappa shape index (κ3) is 1.57. The Kier molecular flexibility index (Phi) is 2.18. The minimum absolute atomic E-state index is 0.106. The molecule has 0 amide bonds. The number of nitriles is 1. The number of ether oxygens (including phenoxy) is 1. The number of fused-ring (bicyclic) bond motifs is 1. The van der Waals surface area contributed by atoms with E-state index in [0.717, 1.165) is 10.8 Å². The molecule has 3 nitrogen and oxygen atoms in total. The Morgan fingerprint density at radius 3 is 2.67 bits per heavy atom. The van der Waals surface area contributed by atoms with Crippen molar-refractivity contribution in [2.45, 2.75) is 0 Å². The van der Waals surface area contributed by atoms with Gasteiger partial charge in [-0.3, -0.25) is 0 Å². The van der Waals surface area contributed by atoms with Gasteiger partial charge in [-0.25, -0.2) is 0 Å². The van der Waals surface area contributed by atoms with Gasteiger partial charge in [-0.2, -0.15) is 5.26 Å². The zero-order valence-corrected chi connectivity index (χ0v) is 8.19. The third-order valence-corrected chi connectivity index (χ3v) is 2.27. The van der Waals surface area contributed by atoms with E-state index in [4.69, 9.17) is 10.00 Å². The fourth-order valence-electron chi connectivity index (χ4n) is 1.50. The van der Waals surface area contributed by atoms with Crippen LogP contribution >= 0.6 is 0 Å². The molecular weight excluding hydrogens is 190 g/mol. The molecule has 74 valence electrons. The first-order valence-electron chi connectivity index (χ1n) is 4.45. The van der Waals surface area contributed by atoms with Crippen LogP contribution in [0.3, 0.4) is 0 Å². The van der Waals surface area contributed by atoms with Crippen LogP contribution in [-0.2, 0) is 0 Å². The highest BCUT2D eigenvalue weighted by atomic mass is 16.5. The monoisotopic (exact) mass is 199 g/mol. The van der Waals surface area contributed by atoms with Gasteiger partial charge in [-0.05, 0) is 35.0 Å². The van der Waals surface area contributed by atoms with Gasteiger partial charge in [0.25, 0.3) is 0 Å². The zero-order chi connectivity index (χ0) is 10.8. The van der Waals surface area contributed by atoms with E-state index in [0.29, 0.717) is 11.3 Å². The average Bonchev–Trinajstić information content (AvgIpc) is 2.27. The number of methoxy groups -OCH3 is 1. The van der Waals surface area contributed by atoms with Gasteiger partial charge in [-0.15, -0.1) is 0 Å². The van der Waals surface area contributed by atoms with Gasteiger partial charge in [0.05, 0.1) is 18.7 Å². The highest BCUT2D eigenvalue weighted by molar-refractivity contribution is 5.87. The lowest BCUT2D eigenvalue weighted by Gasteiger charge is -2.05. The summed E-state index contributed by atoms with van der Waals surface area (Å²) in [6.45, 7) is 0. The highest BCUT2D eigenvalue weighted by Crippen LogP contribution is 2.31. The van der Waals surface area contributed by atoms with Crippen molar-refractivity contribution in [3.05, 3.63) is 35.9 Å². The molecule has 2 aromatic carbocycles. The summed E-state index contributed by atoms with van der Waals surface area (Å²) in [6, 6.07) is 10.7. The lowest BCUT2D eigenvalue weighted by Crippen LogP contribution is -1.84. The van der Waals surface area contributed by atoms with Gasteiger partial charge in [0.15, 0.2) is 11.5 Å². The minimum Gasteiger partial charge on any atom is -0.504 e. The average molecular weight is 199 g/mol. The highest BCUT2D eigenvalue weighted by Gasteiger charge is 2.04. The maximum absolute atomic E-state index is 9.55. The second-order valence-corrected chi connectivity index (χ2v) is 3.20. The molecule has 0 heterocycles. The van der Waals surface area contributed by atoms with E-state index < -0.39 is 0 Å². The molecule has 0 unspecified atom stereocenters. The molecule has 0 aromatic heterocycles. The van der Waals surface area contributed by atoms with Gasteiger partial charge in [0.1, 0.15) is 0 Å². The van der Waals surface area contributed by atoms with Crippen molar-refractivity contribution >= 4 is 10.8 Å². The Morgan fingerprint density at radius 2 is 2.00 bits per heavy atom. The van der Waals surface area contributed by atoms with Crippen LogP contribution in [0.1, 0.15) is 5.56 Å². The molecule has 0 fully saturated rings. The molecule has 0 atom stereocenters. The van der Waals surface area contributed by atoms with Crippen molar-refractivity contribution in [3.8, 4) is 17.6 Å². The summed E-state index contributed by atoms with van der Waals surface area (Å²) in [5, 5.41) is 20.1. The van der Waals surface area contributed by atoms with Crippen molar-refractivity contribution in [2.24, 2.45) is 0 Å². The van der Waals surface area contributed by atoms with E-state index in [9.17, 15) is 5.11 Å². The van der Waals surface area contributed by atoms with Crippen molar-refractivity contribution < 1.29 is 9.84 Å². The van der Waals surface area contributed by atoms with Crippen molar-refractivity contribution in [2.75, 3.05) is 7.11 Å². The van der Waals surface area contributed by atoms with Gasteiger partial charge in [-0.1, -0.05) is 6.07 Å². The lowest BCUT2D eigenvalue weighted by atomic mass is 10.1. The molecule has 3 heteroatoms. The number of phenolic OH excluding ortho intramolecular Hbond substituents is 1. The van der Waals surface area contributed by atoms with E-state index in [2.05, 4.69) is 6.07 Å². The largest absolute Gasteiger partial charge is 0.504 e. The number of rotatable bonds is 1. The molecule has 0 aliphatic rings. The van der Waals surface area contributed by atoms with Gasteiger partial charge >= 0.3 is 0 Å². The van der Waals surface area contributed by atoms with E-state index in [1.807, 2.05) is 0 Å². The molecule has 0 bridgehead atoms. The van der Waals surface area contributed by atoms with E-state index in [1.54, 1.807) is 30.3 Å². The predicted octanol–water partition coefficient (Wildman–Crippen LogP) is 2.43. The fourth-order valence-corrected chi connectivity index (χ4v) is 1.50. The molecule has 15 heavy (non-hydrogen) atoms. The summed E-state index contributed by atoms with van der Waals surface area (Å²) in [4.78, 5) is 0. The van der Waals surface area contributed by atoms with Crippen molar-refractivity contribution in [3.63, 3.8) is 0 Å². The van der Waals surface area contributed by atoms with Gasteiger partial charge in [0, 0.05) is 0 Å². The van der Waals surface area contributed by atoms with Crippen LogP contribution in [0, 0.1) is 11.3 Å². The Morgan fingerprint density at radius 1 is 1.20 bits per heavy atom. The first kappa shape index (κ1) is 9.35. The van der Waals surface area contributed by atoms with Crippen LogP contribution < -0.4 is 4.74 Å². The van der Waals surface area contributed by atoms with Crippen molar-refractivity contribution in [1.29, 1.82) is 5.26 Å². The SMILES string of the molecule is COc1cc2cc(C#N)ccc2cc1O. The maximum atomic E-state index is 9.55. The summed E-state index contributed by atoms with van der Waals surface area (Å²) >= 11 is 0.